The van der Waals surface area contributed by atoms with E-state index in [9.17, 15) is 13.2 Å². The summed E-state index contributed by atoms with van der Waals surface area (Å²) in [4.78, 5) is 14.0. The van der Waals surface area contributed by atoms with Crippen LogP contribution in [-0.2, 0) is 14.8 Å². The number of likely N-dealkylation sites (tertiary alicyclic amines) is 1. The first-order valence-electron chi connectivity index (χ1n) is 8.30. The number of amides is 1. The predicted molar refractivity (Wildman–Crippen MR) is 86.7 cm³/mol. The van der Waals surface area contributed by atoms with E-state index < -0.39 is 15.8 Å². The molecule has 3 N–H and O–H groups in total. The molecule has 22 heavy (non-hydrogen) atoms. The molecule has 0 spiro atoms. The number of hydrogen-bond acceptors (Lipinski definition) is 4. The number of carbonyl (C=O) groups is 1. The molecule has 1 aliphatic carbocycles. The molecule has 2 rings (SSSR count). The Hall–Kier alpha value is -0.660. The third-order valence-electron chi connectivity index (χ3n) is 4.99. The van der Waals surface area contributed by atoms with Crippen LogP contribution in [0.4, 0.5) is 0 Å². The molecule has 1 amide bonds. The first-order chi connectivity index (χ1) is 10.3. The van der Waals surface area contributed by atoms with Gasteiger partial charge >= 0.3 is 0 Å². The number of carbonyl (C=O) groups excluding carboxylic acids is 1. The Labute approximate surface area is 133 Å². The first-order valence-corrected chi connectivity index (χ1v) is 9.95. The van der Waals surface area contributed by atoms with Crippen LogP contribution in [0.15, 0.2) is 0 Å². The topological polar surface area (TPSA) is 92.5 Å². The molecule has 1 saturated heterocycles. The van der Waals surface area contributed by atoms with Crippen LogP contribution in [0.2, 0.25) is 0 Å². The fourth-order valence-corrected chi connectivity index (χ4v) is 4.90. The Morgan fingerprint density at radius 3 is 2.41 bits per heavy atom. The second-order valence-electron chi connectivity index (χ2n) is 7.07. The number of nitrogens with zero attached hydrogens (tertiary/aromatic N) is 1. The van der Waals surface area contributed by atoms with E-state index in [1.165, 1.54) is 0 Å². The van der Waals surface area contributed by atoms with Crippen molar-refractivity contribution in [1.29, 1.82) is 0 Å². The van der Waals surface area contributed by atoms with Gasteiger partial charge in [0.1, 0.15) is 5.75 Å². The maximum absolute atomic E-state index is 12.3. The second kappa shape index (κ2) is 7.27. The van der Waals surface area contributed by atoms with Gasteiger partial charge in [-0.15, -0.1) is 0 Å². The molecule has 0 bridgehead atoms. The molecule has 1 heterocycles. The van der Waals surface area contributed by atoms with Gasteiger partial charge in [0.2, 0.25) is 15.9 Å². The zero-order chi connectivity index (χ0) is 16.3. The Balaban J connectivity index is 1.87. The van der Waals surface area contributed by atoms with Crippen LogP contribution in [0.5, 0.6) is 0 Å². The van der Waals surface area contributed by atoms with Crippen LogP contribution in [0.25, 0.3) is 0 Å². The second-order valence-corrected chi connectivity index (χ2v) is 8.82. The van der Waals surface area contributed by atoms with E-state index in [1.807, 2.05) is 6.92 Å². The predicted octanol–water partition coefficient (Wildman–Crippen LogP) is 0.680. The van der Waals surface area contributed by atoms with Crippen molar-refractivity contribution in [3.63, 3.8) is 0 Å². The lowest BCUT2D eigenvalue weighted by molar-refractivity contribution is -0.129. The molecule has 2 fully saturated rings. The fraction of sp³-hybridized carbons (Fsp3) is 0.933. The number of nitrogens with two attached hydrogens (primary N) is 1. The van der Waals surface area contributed by atoms with E-state index in [2.05, 4.69) is 11.6 Å². The molecule has 2 atom stereocenters. The number of nitrogens with one attached hydrogen (secondary N) is 1. The summed E-state index contributed by atoms with van der Waals surface area (Å²) in [5.74, 6) is 0.205. The van der Waals surface area contributed by atoms with E-state index in [4.69, 9.17) is 5.73 Å². The van der Waals surface area contributed by atoms with Crippen LogP contribution < -0.4 is 10.5 Å². The summed E-state index contributed by atoms with van der Waals surface area (Å²) in [7, 11) is -3.56. The van der Waals surface area contributed by atoms with Gasteiger partial charge in [-0.25, -0.2) is 13.1 Å². The lowest BCUT2D eigenvalue weighted by Crippen LogP contribution is -2.44. The van der Waals surface area contributed by atoms with Crippen LogP contribution in [-0.4, -0.2) is 50.2 Å². The van der Waals surface area contributed by atoms with Crippen molar-refractivity contribution in [2.75, 3.05) is 18.8 Å². The van der Waals surface area contributed by atoms with Gasteiger partial charge in [-0.1, -0.05) is 6.92 Å². The summed E-state index contributed by atoms with van der Waals surface area (Å²) in [5, 5.41) is 0. The zero-order valence-electron chi connectivity index (χ0n) is 13.6. The quantitative estimate of drug-likeness (QED) is 0.775. The number of hydrogen-bond donors (Lipinski definition) is 2. The first kappa shape index (κ1) is 17.7. The minimum atomic E-state index is -3.56. The van der Waals surface area contributed by atoms with Crippen LogP contribution in [0.1, 0.15) is 46.0 Å². The molecule has 0 radical (unpaired) electrons. The smallest absolute Gasteiger partial charge is 0.239 e. The van der Waals surface area contributed by atoms with Crippen molar-refractivity contribution in [2.45, 2.75) is 58.0 Å². The molecule has 2 unspecified atom stereocenters. The van der Waals surface area contributed by atoms with E-state index in [1.54, 1.807) is 4.90 Å². The summed E-state index contributed by atoms with van der Waals surface area (Å²) in [5.41, 5.74) is 5.65. The summed E-state index contributed by atoms with van der Waals surface area (Å²) in [6, 6.07) is 0.0635. The molecule has 0 aromatic rings. The van der Waals surface area contributed by atoms with Crippen molar-refractivity contribution >= 4 is 15.9 Å². The molecule has 6 nitrogen and oxygen atoms in total. The lowest BCUT2D eigenvalue weighted by Gasteiger charge is -2.27. The minimum Gasteiger partial charge on any atom is -0.339 e. The molecule has 1 aliphatic heterocycles. The Bertz CT molecular complexity index is 486. The normalized spacial score (nSPS) is 33.1. The molecule has 7 heteroatoms. The maximum atomic E-state index is 12.3. The minimum absolute atomic E-state index is 0.0122. The summed E-state index contributed by atoms with van der Waals surface area (Å²) < 4.78 is 27.2. The van der Waals surface area contributed by atoms with Gasteiger partial charge in [0, 0.05) is 18.6 Å². The molecule has 128 valence electrons. The van der Waals surface area contributed by atoms with Crippen LogP contribution >= 0.6 is 0 Å². The lowest BCUT2D eigenvalue weighted by atomic mass is 9.88. The van der Waals surface area contributed by atoms with Gasteiger partial charge < -0.3 is 10.6 Å². The summed E-state index contributed by atoms with van der Waals surface area (Å²) in [6.45, 7) is 5.26. The summed E-state index contributed by atoms with van der Waals surface area (Å²) >= 11 is 0. The van der Waals surface area contributed by atoms with Crippen LogP contribution in [0, 0.1) is 11.8 Å². The zero-order valence-corrected chi connectivity index (χ0v) is 14.4. The van der Waals surface area contributed by atoms with Gasteiger partial charge in [-0.2, -0.15) is 0 Å². The largest absolute Gasteiger partial charge is 0.339 e. The third-order valence-corrected chi connectivity index (χ3v) is 6.31. The SMILES string of the molecule is CC1CCC(NS(=O)(=O)CC(=O)N2CC(CN)CC2C)CC1. The van der Waals surface area contributed by atoms with Gasteiger partial charge in [-0.05, 0) is 57.4 Å². The average Bonchev–Trinajstić information content (AvgIpc) is 2.82. The van der Waals surface area contributed by atoms with Crippen molar-refractivity contribution in [3.8, 4) is 0 Å². The highest BCUT2D eigenvalue weighted by atomic mass is 32.2. The fourth-order valence-electron chi connectivity index (χ4n) is 3.58. The van der Waals surface area contributed by atoms with E-state index in [-0.39, 0.29) is 23.9 Å². The third kappa shape index (κ3) is 4.67. The van der Waals surface area contributed by atoms with Gasteiger partial charge in [0.05, 0.1) is 0 Å². The van der Waals surface area contributed by atoms with Gasteiger partial charge in [-0.3, -0.25) is 4.79 Å². The molecular weight excluding hydrogens is 302 g/mol. The van der Waals surface area contributed by atoms with Crippen molar-refractivity contribution < 1.29 is 13.2 Å². The van der Waals surface area contributed by atoms with Crippen LogP contribution in [0.3, 0.4) is 0 Å². The van der Waals surface area contributed by atoms with E-state index >= 15 is 0 Å². The molecule has 0 aromatic heterocycles. The van der Waals surface area contributed by atoms with Gasteiger partial charge in [0.15, 0.2) is 0 Å². The Kier molecular flexibility index (Phi) is 5.85. The van der Waals surface area contributed by atoms with E-state index in [0.29, 0.717) is 19.0 Å². The monoisotopic (exact) mass is 331 g/mol. The number of rotatable bonds is 5. The Morgan fingerprint density at radius 2 is 1.86 bits per heavy atom. The molecule has 1 saturated carbocycles. The molecule has 0 aromatic carbocycles. The highest BCUT2D eigenvalue weighted by Crippen LogP contribution is 2.25. The van der Waals surface area contributed by atoms with Crippen molar-refractivity contribution in [2.24, 2.45) is 17.6 Å². The van der Waals surface area contributed by atoms with Gasteiger partial charge in [0.25, 0.3) is 0 Å². The van der Waals surface area contributed by atoms with Crippen molar-refractivity contribution in [1.82, 2.24) is 9.62 Å². The van der Waals surface area contributed by atoms with Crippen molar-refractivity contribution in [3.05, 3.63) is 0 Å². The standard InChI is InChI=1S/C15H29N3O3S/c1-11-3-5-14(6-4-11)17-22(20,21)10-15(19)18-9-13(8-16)7-12(18)2/h11-14,17H,3-10,16H2,1-2H3. The van der Waals surface area contributed by atoms with E-state index in [0.717, 1.165) is 32.1 Å². The summed E-state index contributed by atoms with van der Waals surface area (Å²) in [6.07, 6.45) is 4.68. The highest BCUT2D eigenvalue weighted by Gasteiger charge is 2.34. The maximum Gasteiger partial charge on any atom is 0.239 e. The number of sulfonamides is 1. The highest BCUT2D eigenvalue weighted by molar-refractivity contribution is 7.90. The molecule has 2 aliphatic rings. The Morgan fingerprint density at radius 1 is 1.23 bits per heavy atom. The molecular formula is C15H29N3O3S. The average molecular weight is 331 g/mol.